The van der Waals surface area contributed by atoms with E-state index in [9.17, 15) is 18.0 Å². The van der Waals surface area contributed by atoms with Gasteiger partial charge in [0, 0.05) is 12.1 Å². The zero-order chi connectivity index (χ0) is 25.5. The van der Waals surface area contributed by atoms with Crippen molar-refractivity contribution in [2.24, 2.45) is 0 Å². The second kappa shape index (κ2) is 11.4. The number of nitrogens with one attached hydrogen (secondary N) is 1. The van der Waals surface area contributed by atoms with E-state index in [4.69, 9.17) is 4.74 Å². The molecule has 1 N–H and O–H groups in total. The first kappa shape index (κ1) is 27.2. The van der Waals surface area contributed by atoms with Gasteiger partial charge in [-0.1, -0.05) is 37.3 Å². The molecule has 0 aliphatic heterocycles. The monoisotopic (exact) mass is 489 g/mol. The fraction of sp³-hybridized carbons (Fsp3) is 0.440. The predicted molar refractivity (Wildman–Crippen MR) is 134 cm³/mol. The number of nitrogens with zero attached hydrogens (tertiary/aromatic N) is 2. The van der Waals surface area contributed by atoms with Gasteiger partial charge in [-0.15, -0.1) is 0 Å². The quantitative estimate of drug-likeness (QED) is 0.553. The summed E-state index contributed by atoms with van der Waals surface area (Å²) in [6, 6.07) is 14.9. The highest BCUT2D eigenvalue weighted by atomic mass is 32.2. The number of rotatable bonds is 10. The lowest BCUT2D eigenvalue weighted by atomic mass is 10.1. The van der Waals surface area contributed by atoms with Crippen LogP contribution in [0.3, 0.4) is 0 Å². The van der Waals surface area contributed by atoms with Gasteiger partial charge in [0.1, 0.15) is 18.3 Å². The fourth-order valence-corrected chi connectivity index (χ4v) is 4.40. The molecule has 2 amide bonds. The Morgan fingerprint density at radius 2 is 1.71 bits per heavy atom. The summed E-state index contributed by atoms with van der Waals surface area (Å²) in [7, 11) is -2.19. The van der Waals surface area contributed by atoms with E-state index in [1.807, 2.05) is 33.8 Å². The Morgan fingerprint density at radius 1 is 1.06 bits per heavy atom. The van der Waals surface area contributed by atoms with Crippen molar-refractivity contribution in [3.63, 3.8) is 0 Å². The van der Waals surface area contributed by atoms with Gasteiger partial charge in [-0.2, -0.15) is 0 Å². The maximum absolute atomic E-state index is 13.6. The number of amides is 2. The number of para-hydroxylation sites is 1. The second-order valence-electron chi connectivity index (χ2n) is 9.14. The number of anilines is 1. The molecule has 0 heterocycles. The normalized spacial score (nSPS) is 12.5. The summed E-state index contributed by atoms with van der Waals surface area (Å²) in [4.78, 5) is 28.2. The first-order valence-corrected chi connectivity index (χ1v) is 13.0. The minimum absolute atomic E-state index is 0.124. The Labute approximate surface area is 202 Å². The highest BCUT2D eigenvalue weighted by Gasteiger charge is 2.33. The van der Waals surface area contributed by atoms with E-state index in [0.717, 1.165) is 16.1 Å². The van der Waals surface area contributed by atoms with Crippen LogP contribution in [-0.4, -0.2) is 56.6 Å². The Hall–Kier alpha value is -3.07. The summed E-state index contributed by atoms with van der Waals surface area (Å²) in [5.41, 5.74) is 0.657. The summed E-state index contributed by atoms with van der Waals surface area (Å²) in [6.07, 6.45) is 1.42. The maximum atomic E-state index is 13.6. The van der Waals surface area contributed by atoms with Crippen molar-refractivity contribution < 1.29 is 22.7 Å². The minimum atomic E-state index is -3.75. The minimum Gasteiger partial charge on any atom is -0.497 e. The average Bonchev–Trinajstić information content (AvgIpc) is 2.75. The van der Waals surface area contributed by atoms with Gasteiger partial charge >= 0.3 is 0 Å². The number of carbonyl (C=O) groups excluding carboxylic acids is 2. The van der Waals surface area contributed by atoms with Crippen LogP contribution < -0.4 is 14.4 Å². The lowest BCUT2D eigenvalue weighted by molar-refractivity contribution is -0.141. The zero-order valence-electron chi connectivity index (χ0n) is 20.7. The molecule has 9 heteroatoms. The number of hydrogen-bond donors (Lipinski definition) is 1. The number of benzene rings is 2. The molecule has 0 radical (unpaired) electrons. The van der Waals surface area contributed by atoms with Crippen LogP contribution in [0.5, 0.6) is 5.75 Å². The van der Waals surface area contributed by atoms with Gasteiger partial charge in [0.05, 0.1) is 19.1 Å². The van der Waals surface area contributed by atoms with Gasteiger partial charge in [-0.3, -0.25) is 13.9 Å². The van der Waals surface area contributed by atoms with Crippen LogP contribution in [0.2, 0.25) is 0 Å². The molecule has 2 rings (SSSR count). The number of hydrogen-bond acceptors (Lipinski definition) is 5. The van der Waals surface area contributed by atoms with Crippen molar-refractivity contribution in [1.29, 1.82) is 0 Å². The molecule has 2 aromatic carbocycles. The van der Waals surface area contributed by atoms with Crippen LogP contribution in [0, 0.1) is 0 Å². The van der Waals surface area contributed by atoms with Crippen LogP contribution in [0.25, 0.3) is 0 Å². The molecule has 1 atom stereocenters. The van der Waals surface area contributed by atoms with Crippen molar-refractivity contribution in [2.45, 2.75) is 52.2 Å². The van der Waals surface area contributed by atoms with Crippen molar-refractivity contribution in [2.75, 3.05) is 24.2 Å². The average molecular weight is 490 g/mol. The summed E-state index contributed by atoms with van der Waals surface area (Å²) >= 11 is 0. The Bertz CT molecular complexity index is 1080. The van der Waals surface area contributed by atoms with E-state index in [0.29, 0.717) is 17.9 Å². The summed E-state index contributed by atoms with van der Waals surface area (Å²) in [5, 5.41) is 2.94. The molecular weight excluding hydrogens is 454 g/mol. The molecule has 0 aromatic heterocycles. The first-order chi connectivity index (χ1) is 15.9. The molecule has 8 nitrogen and oxygen atoms in total. The van der Waals surface area contributed by atoms with Crippen molar-refractivity contribution >= 4 is 27.5 Å². The lowest BCUT2D eigenvalue weighted by Crippen LogP contribution is -2.55. The SMILES string of the molecule is CC[C@H](C(=O)NC(C)(C)C)N(Cc1cccc(OC)c1)C(=O)CN(c1ccccc1)S(C)(=O)=O. The van der Waals surface area contributed by atoms with Gasteiger partial charge in [0.25, 0.3) is 0 Å². The second-order valence-corrected chi connectivity index (χ2v) is 11.0. The smallest absolute Gasteiger partial charge is 0.244 e. The summed E-state index contributed by atoms with van der Waals surface area (Å²) in [5.74, 6) is -0.149. The van der Waals surface area contributed by atoms with Gasteiger partial charge in [0.15, 0.2) is 0 Å². The van der Waals surface area contributed by atoms with Crippen LogP contribution in [0.1, 0.15) is 39.7 Å². The molecule has 0 saturated carbocycles. The van der Waals surface area contributed by atoms with Gasteiger partial charge < -0.3 is 15.0 Å². The van der Waals surface area contributed by atoms with Crippen LogP contribution >= 0.6 is 0 Å². The molecule has 0 spiro atoms. The largest absolute Gasteiger partial charge is 0.497 e. The molecule has 186 valence electrons. The van der Waals surface area contributed by atoms with Crippen LogP contribution in [-0.2, 0) is 26.2 Å². The molecule has 0 aliphatic rings. The molecule has 0 unspecified atom stereocenters. The van der Waals surface area contributed by atoms with Crippen molar-refractivity contribution in [1.82, 2.24) is 10.2 Å². The first-order valence-electron chi connectivity index (χ1n) is 11.1. The Kier molecular flexibility index (Phi) is 9.09. The third-order valence-electron chi connectivity index (χ3n) is 5.09. The van der Waals surface area contributed by atoms with E-state index in [1.165, 1.54) is 4.90 Å². The summed E-state index contributed by atoms with van der Waals surface area (Å²) in [6.45, 7) is 7.13. The molecule has 0 fully saturated rings. The topological polar surface area (TPSA) is 96.0 Å². The molecule has 34 heavy (non-hydrogen) atoms. The van der Waals surface area contributed by atoms with Gasteiger partial charge in [-0.05, 0) is 57.0 Å². The fourth-order valence-electron chi connectivity index (χ4n) is 3.55. The van der Waals surface area contributed by atoms with Gasteiger partial charge in [-0.25, -0.2) is 8.42 Å². The number of carbonyl (C=O) groups is 2. The van der Waals surface area contributed by atoms with E-state index in [2.05, 4.69) is 5.32 Å². The molecule has 0 aliphatic carbocycles. The number of methoxy groups -OCH3 is 1. The van der Waals surface area contributed by atoms with Crippen molar-refractivity contribution in [3.8, 4) is 5.75 Å². The predicted octanol–water partition coefficient (Wildman–Crippen LogP) is 3.18. The summed E-state index contributed by atoms with van der Waals surface area (Å²) < 4.78 is 31.5. The molecule has 0 bridgehead atoms. The van der Waals surface area contributed by atoms with Gasteiger partial charge in [0.2, 0.25) is 21.8 Å². The van der Waals surface area contributed by atoms with E-state index >= 15 is 0 Å². The van der Waals surface area contributed by atoms with Crippen LogP contribution in [0.4, 0.5) is 5.69 Å². The van der Waals surface area contributed by atoms with E-state index < -0.39 is 34.1 Å². The highest BCUT2D eigenvalue weighted by molar-refractivity contribution is 7.92. The molecular formula is C25H35N3O5S. The van der Waals surface area contributed by atoms with Crippen LogP contribution in [0.15, 0.2) is 54.6 Å². The van der Waals surface area contributed by atoms with E-state index in [-0.39, 0.29) is 12.5 Å². The molecule has 0 saturated heterocycles. The van der Waals surface area contributed by atoms with Crippen molar-refractivity contribution in [3.05, 3.63) is 60.2 Å². The lowest BCUT2D eigenvalue weighted by Gasteiger charge is -2.34. The molecule has 2 aromatic rings. The Balaban J connectivity index is 2.45. The zero-order valence-corrected chi connectivity index (χ0v) is 21.6. The Morgan fingerprint density at radius 3 is 2.24 bits per heavy atom. The number of ether oxygens (including phenoxy) is 1. The highest BCUT2D eigenvalue weighted by Crippen LogP contribution is 2.21. The third kappa shape index (κ3) is 7.76. The standard InChI is InChI=1S/C25H35N3O5S/c1-7-22(24(30)26-25(2,3)4)27(17-19-12-11-15-21(16-19)33-5)23(29)18-28(34(6,31)32)20-13-9-8-10-14-20/h8-16,22H,7,17-18H2,1-6H3,(H,26,30)/t22-/m1/s1. The third-order valence-corrected chi connectivity index (χ3v) is 6.24. The maximum Gasteiger partial charge on any atom is 0.244 e. The van der Waals surface area contributed by atoms with E-state index in [1.54, 1.807) is 55.6 Å². The number of sulfonamides is 1.